The van der Waals surface area contributed by atoms with E-state index in [2.05, 4.69) is 20.2 Å². The van der Waals surface area contributed by atoms with Gasteiger partial charge in [-0.1, -0.05) is 30.3 Å². The molecule has 0 amide bonds. The van der Waals surface area contributed by atoms with E-state index in [0.717, 1.165) is 6.07 Å². The van der Waals surface area contributed by atoms with E-state index in [9.17, 15) is 13.2 Å². The second-order valence-electron chi connectivity index (χ2n) is 5.79. The number of nitrogens with one attached hydrogen (secondary N) is 1. The summed E-state index contributed by atoms with van der Waals surface area (Å²) < 4.78 is 41.4. The number of halogens is 3. The third kappa shape index (κ3) is 3.00. The van der Waals surface area contributed by atoms with Gasteiger partial charge in [0.05, 0.1) is 22.2 Å². The second kappa shape index (κ2) is 6.21. The van der Waals surface area contributed by atoms with Gasteiger partial charge in [0.25, 0.3) is 0 Å². The molecule has 0 aliphatic rings. The number of fused-ring (bicyclic) bond motifs is 1. The zero-order chi connectivity index (χ0) is 19.0. The van der Waals surface area contributed by atoms with Gasteiger partial charge < -0.3 is 0 Å². The fraction of sp³-hybridized carbons (Fsp3) is 0.0526. The van der Waals surface area contributed by atoms with Crippen molar-refractivity contribution in [3.8, 4) is 28.6 Å². The number of benzene rings is 1. The molecule has 4 rings (SSSR count). The zero-order valence-corrected chi connectivity index (χ0v) is 13.6. The molecule has 3 aromatic heterocycles. The number of aromatic nitrogens is 4. The van der Waals surface area contributed by atoms with Crippen molar-refractivity contribution in [1.82, 2.24) is 20.2 Å². The molecule has 132 valence electrons. The molecular formula is C19H10F3N5. The largest absolute Gasteiger partial charge is 0.417 e. The van der Waals surface area contributed by atoms with E-state index >= 15 is 0 Å². The van der Waals surface area contributed by atoms with Crippen molar-refractivity contribution >= 4 is 11.0 Å². The van der Waals surface area contributed by atoms with Crippen molar-refractivity contribution in [1.29, 1.82) is 5.26 Å². The van der Waals surface area contributed by atoms with Crippen LogP contribution in [0.5, 0.6) is 0 Å². The number of pyridine rings is 2. The van der Waals surface area contributed by atoms with Crippen LogP contribution in [0.1, 0.15) is 11.1 Å². The summed E-state index contributed by atoms with van der Waals surface area (Å²) in [4.78, 5) is 8.16. The second-order valence-corrected chi connectivity index (χ2v) is 5.79. The summed E-state index contributed by atoms with van der Waals surface area (Å²) in [7, 11) is 0. The summed E-state index contributed by atoms with van der Waals surface area (Å²) >= 11 is 0. The minimum Gasteiger partial charge on any atom is -0.263 e. The predicted molar refractivity (Wildman–Crippen MR) is 92.3 cm³/mol. The van der Waals surface area contributed by atoms with Gasteiger partial charge in [0.15, 0.2) is 5.65 Å². The monoisotopic (exact) mass is 365 g/mol. The highest BCUT2D eigenvalue weighted by Gasteiger charge is 2.35. The molecule has 0 radical (unpaired) electrons. The van der Waals surface area contributed by atoms with E-state index in [1.54, 1.807) is 30.3 Å². The molecule has 1 N–H and O–H groups in total. The van der Waals surface area contributed by atoms with Gasteiger partial charge in [-0.15, -0.1) is 0 Å². The lowest BCUT2D eigenvalue weighted by molar-refractivity contribution is -0.136. The van der Waals surface area contributed by atoms with Crippen molar-refractivity contribution in [2.75, 3.05) is 0 Å². The van der Waals surface area contributed by atoms with Gasteiger partial charge in [-0.3, -0.25) is 10.1 Å². The highest BCUT2D eigenvalue weighted by Crippen LogP contribution is 2.40. The summed E-state index contributed by atoms with van der Waals surface area (Å²) in [6.45, 7) is 0. The van der Waals surface area contributed by atoms with Crippen LogP contribution in [0.4, 0.5) is 13.2 Å². The first-order valence-electron chi connectivity index (χ1n) is 7.84. The van der Waals surface area contributed by atoms with Gasteiger partial charge in [-0.25, -0.2) is 4.98 Å². The summed E-state index contributed by atoms with van der Waals surface area (Å²) in [5.41, 5.74) is 0.508. The molecule has 8 heteroatoms. The third-order valence-electron chi connectivity index (χ3n) is 4.05. The number of nitrogens with zero attached hydrogens (tertiary/aromatic N) is 4. The molecular weight excluding hydrogens is 355 g/mol. The minimum atomic E-state index is -4.61. The number of H-pyrrole nitrogens is 1. The van der Waals surface area contributed by atoms with Gasteiger partial charge in [0, 0.05) is 23.5 Å². The first kappa shape index (κ1) is 16.7. The lowest BCUT2D eigenvalue weighted by Crippen LogP contribution is -2.07. The van der Waals surface area contributed by atoms with Crippen molar-refractivity contribution in [3.63, 3.8) is 0 Å². The predicted octanol–water partition coefficient (Wildman–Crippen LogP) is 4.58. The smallest absolute Gasteiger partial charge is 0.263 e. The van der Waals surface area contributed by atoms with Gasteiger partial charge in [0.2, 0.25) is 0 Å². The molecule has 27 heavy (non-hydrogen) atoms. The van der Waals surface area contributed by atoms with Crippen molar-refractivity contribution < 1.29 is 13.2 Å². The summed E-state index contributed by atoms with van der Waals surface area (Å²) in [6, 6.07) is 12.9. The van der Waals surface area contributed by atoms with E-state index in [4.69, 9.17) is 5.26 Å². The number of hydrogen-bond donors (Lipinski definition) is 1. The van der Waals surface area contributed by atoms with Crippen molar-refractivity contribution in [2.24, 2.45) is 0 Å². The molecule has 4 aromatic rings. The Kier molecular flexibility index (Phi) is 3.85. The molecule has 1 aromatic carbocycles. The van der Waals surface area contributed by atoms with Crippen LogP contribution in [0.25, 0.3) is 33.5 Å². The van der Waals surface area contributed by atoms with E-state index in [1.807, 2.05) is 6.07 Å². The van der Waals surface area contributed by atoms with Crippen LogP contribution in [-0.2, 0) is 6.18 Å². The number of nitriles is 1. The van der Waals surface area contributed by atoms with Gasteiger partial charge in [-0.2, -0.15) is 23.5 Å². The van der Waals surface area contributed by atoms with E-state index < -0.39 is 11.7 Å². The van der Waals surface area contributed by atoms with Crippen LogP contribution in [-0.4, -0.2) is 20.2 Å². The van der Waals surface area contributed by atoms with E-state index in [1.165, 1.54) is 18.5 Å². The first-order chi connectivity index (χ1) is 13.0. The van der Waals surface area contributed by atoms with Gasteiger partial charge in [-0.05, 0) is 12.1 Å². The molecule has 0 aliphatic carbocycles. The lowest BCUT2D eigenvalue weighted by Gasteiger charge is -2.11. The molecule has 0 saturated heterocycles. The van der Waals surface area contributed by atoms with Gasteiger partial charge >= 0.3 is 6.18 Å². The summed E-state index contributed by atoms with van der Waals surface area (Å²) in [6.07, 6.45) is -1.91. The van der Waals surface area contributed by atoms with Crippen LogP contribution in [0.3, 0.4) is 0 Å². The quantitative estimate of drug-likeness (QED) is 0.564. The first-order valence-corrected chi connectivity index (χ1v) is 7.84. The average molecular weight is 365 g/mol. The maximum absolute atomic E-state index is 13.8. The Hall–Kier alpha value is -3.73. The summed E-state index contributed by atoms with van der Waals surface area (Å²) in [5, 5.41) is 15.5. The van der Waals surface area contributed by atoms with Crippen molar-refractivity contribution in [2.45, 2.75) is 6.18 Å². The minimum absolute atomic E-state index is 0.0149. The van der Waals surface area contributed by atoms with Crippen LogP contribution in [0, 0.1) is 11.3 Å². The Morgan fingerprint density at radius 1 is 1.00 bits per heavy atom. The highest BCUT2D eigenvalue weighted by molar-refractivity contribution is 5.95. The Morgan fingerprint density at radius 3 is 2.48 bits per heavy atom. The zero-order valence-electron chi connectivity index (χ0n) is 13.6. The maximum Gasteiger partial charge on any atom is 0.417 e. The molecule has 0 spiro atoms. The average Bonchev–Trinajstić information content (AvgIpc) is 3.11. The standard InChI is InChI=1S/C19H10F3N5/c20-19(21,22)14-7-15(13-6-11(8-23)9-24-10-13)25-18-16(14)17(26-27-18)12-4-2-1-3-5-12/h1-7,9-10H,(H,25,26,27). The molecule has 0 aliphatic heterocycles. The number of hydrogen-bond acceptors (Lipinski definition) is 4. The molecule has 5 nitrogen and oxygen atoms in total. The number of rotatable bonds is 2. The fourth-order valence-corrected chi connectivity index (χ4v) is 2.85. The molecule has 3 heterocycles. The van der Waals surface area contributed by atoms with Crippen molar-refractivity contribution in [3.05, 3.63) is 66.0 Å². The van der Waals surface area contributed by atoms with Crippen LogP contribution in [0.2, 0.25) is 0 Å². The highest BCUT2D eigenvalue weighted by atomic mass is 19.4. The summed E-state index contributed by atoms with van der Waals surface area (Å²) in [5.74, 6) is 0. The topological polar surface area (TPSA) is 78.2 Å². The molecule has 0 bridgehead atoms. The molecule has 0 fully saturated rings. The Morgan fingerprint density at radius 2 is 1.78 bits per heavy atom. The third-order valence-corrected chi connectivity index (χ3v) is 4.05. The Labute approximate surface area is 151 Å². The molecule has 0 atom stereocenters. The molecule has 0 saturated carbocycles. The SMILES string of the molecule is N#Cc1cncc(-c2cc(C(F)(F)F)c3c(-c4ccccc4)n[nH]c3n2)c1. The van der Waals surface area contributed by atoms with E-state index in [-0.39, 0.29) is 28.0 Å². The Bertz CT molecular complexity index is 1170. The maximum atomic E-state index is 13.8. The fourth-order valence-electron chi connectivity index (χ4n) is 2.85. The van der Waals surface area contributed by atoms with Crippen LogP contribution < -0.4 is 0 Å². The Balaban J connectivity index is 2.00. The van der Waals surface area contributed by atoms with E-state index in [0.29, 0.717) is 11.1 Å². The van der Waals surface area contributed by atoms with Crippen LogP contribution in [0.15, 0.2) is 54.9 Å². The number of alkyl halides is 3. The van der Waals surface area contributed by atoms with Crippen LogP contribution >= 0.6 is 0 Å². The van der Waals surface area contributed by atoms with Gasteiger partial charge in [0.1, 0.15) is 11.8 Å². The number of aromatic amines is 1. The normalized spacial score (nSPS) is 11.5. The molecule has 0 unspecified atom stereocenters. The lowest BCUT2D eigenvalue weighted by atomic mass is 10.0.